The van der Waals surface area contributed by atoms with Gasteiger partial charge in [0.05, 0.1) is 0 Å². The SMILES string of the molecule is O=C(O)CC1CCC(Nc2ccc(Br)cc2)CC1. The van der Waals surface area contributed by atoms with Crippen molar-refractivity contribution < 1.29 is 9.90 Å². The molecule has 18 heavy (non-hydrogen) atoms. The van der Waals surface area contributed by atoms with Gasteiger partial charge in [0, 0.05) is 22.6 Å². The fourth-order valence-electron chi connectivity index (χ4n) is 2.54. The summed E-state index contributed by atoms with van der Waals surface area (Å²) >= 11 is 3.42. The molecule has 3 nitrogen and oxygen atoms in total. The summed E-state index contributed by atoms with van der Waals surface area (Å²) in [5, 5.41) is 12.3. The third kappa shape index (κ3) is 4.02. The van der Waals surface area contributed by atoms with Crippen LogP contribution in [0.25, 0.3) is 0 Å². The van der Waals surface area contributed by atoms with E-state index in [0.29, 0.717) is 18.4 Å². The van der Waals surface area contributed by atoms with Crippen LogP contribution in [-0.4, -0.2) is 17.1 Å². The summed E-state index contributed by atoms with van der Waals surface area (Å²) in [5.41, 5.74) is 1.14. The standard InChI is InChI=1S/C14H18BrNO2/c15-11-3-7-13(8-4-11)16-12-5-1-10(2-6-12)9-14(17)18/h3-4,7-8,10,12,16H,1-2,5-6,9H2,(H,17,18). The van der Waals surface area contributed by atoms with Gasteiger partial charge in [0.15, 0.2) is 0 Å². The monoisotopic (exact) mass is 311 g/mol. The lowest BCUT2D eigenvalue weighted by Crippen LogP contribution is -2.27. The number of hydrogen-bond donors (Lipinski definition) is 2. The fourth-order valence-corrected chi connectivity index (χ4v) is 2.80. The van der Waals surface area contributed by atoms with Gasteiger partial charge in [-0.1, -0.05) is 15.9 Å². The van der Waals surface area contributed by atoms with E-state index in [1.807, 2.05) is 12.1 Å². The van der Waals surface area contributed by atoms with Crippen LogP contribution in [0.1, 0.15) is 32.1 Å². The van der Waals surface area contributed by atoms with Crippen molar-refractivity contribution in [3.05, 3.63) is 28.7 Å². The molecule has 1 aliphatic carbocycles. The normalized spacial score (nSPS) is 23.6. The second-order valence-corrected chi connectivity index (χ2v) is 5.88. The topological polar surface area (TPSA) is 49.3 Å². The van der Waals surface area contributed by atoms with Crippen molar-refractivity contribution in [2.75, 3.05) is 5.32 Å². The number of anilines is 1. The third-order valence-electron chi connectivity index (χ3n) is 3.53. The maximum absolute atomic E-state index is 10.7. The predicted octanol–water partition coefficient (Wildman–Crippen LogP) is 3.89. The molecule has 0 bridgehead atoms. The number of halogens is 1. The number of hydrogen-bond acceptors (Lipinski definition) is 2. The summed E-state index contributed by atoms with van der Waals surface area (Å²) in [6.07, 6.45) is 4.48. The summed E-state index contributed by atoms with van der Waals surface area (Å²) in [7, 11) is 0. The predicted molar refractivity (Wildman–Crippen MR) is 75.8 cm³/mol. The lowest BCUT2D eigenvalue weighted by atomic mass is 9.84. The highest BCUT2D eigenvalue weighted by Crippen LogP contribution is 2.29. The Labute approximate surface area is 116 Å². The number of aliphatic carboxylic acids is 1. The fraction of sp³-hybridized carbons (Fsp3) is 0.500. The quantitative estimate of drug-likeness (QED) is 0.886. The number of benzene rings is 1. The second kappa shape index (κ2) is 6.23. The Balaban J connectivity index is 1.79. The number of carboxylic acids is 1. The highest BCUT2D eigenvalue weighted by molar-refractivity contribution is 9.10. The van der Waals surface area contributed by atoms with Crippen LogP contribution < -0.4 is 5.32 Å². The summed E-state index contributed by atoms with van der Waals surface area (Å²) in [6.45, 7) is 0. The van der Waals surface area contributed by atoms with Crippen molar-refractivity contribution in [1.29, 1.82) is 0 Å². The largest absolute Gasteiger partial charge is 0.481 e. The van der Waals surface area contributed by atoms with E-state index < -0.39 is 5.97 Å². The van der Waals surface area contributed by atoms with E-state index in [2.05, 4.69) is 33.4 Å². The van der Waals surface area contributed by atoms with Gasteiger partial charge in [0.2, 0.25) is 0 Å². The maximum atomic E-state index is 10.7. The van der Waals surface area contributed by atoms with Gasteiger partial charge in [0.1, 0.15) is 0 Å². The van der Waals surface area contributed by atoms with Crippen LogP contribution >= 0.6 is 15.9 Å². The van der Waals surface area contributed by atoms with E-state index in [1.165, 1.54) is 0 Å². The average molecular weight is 312 g/mol. The number of nitrogens with one attached hydrogen (secondary N) is 1. The van der Waals surface area contributed by atoms with Crippen LogP contribution in [-0.2, 0) is 4.79 Å². The zero-order valence-electron chi connectivity index (χ0n) is 10.2. The molecule has 0 saturated heterocycles. The molecular formula is C14H18BrNO2. The van der Waals surface area contributed by atoms with Gasteiger partial charge in [-0.25, -0.2) is 0 Å². The molecule has 0 atom stereocenters. The van der Waals surface area contributed by atoms with Crippen LogP contribution in [0.5, 0.6) is 0 Å². The van der Waals surface area contributed by atoms with Crippen molar-refractivity contribution in [3.8, 4) is 0 Å². The van der Waals surface area contributed by atoms with Gasteiger partial charge < -0.3 is 10.4 Å². The first-order chi connectivity index (χ1) is 8.63. The second-order valence-electron chi connectivity index (χ2n) is 4.97. The van der Waals surface area contributed by atoms with E-state index in [9.17, 15) is 4.79 Å². The van der Waals surface area contributed by atoms with Gasteiger partial charge in [0.25, 0.3) is 0 Å². The van der Waals surface area contributed by atoms with Gasteiger partial charge >= 0.3 is 5.97 Å². The highest BCUT2D eigenvalue weighted by atomic mass is 79.9. The summed E-state index contributed by atoms with van der Waals surface area (Å²) < 4.78 is 1.08. The van der Waals surface area contributed by atoms with Crippen LogP contribution in [0.2, 0.25) is 0 Å². The van der Waals surface area contributed by atoms with Crippen molar-refractivity contribution in [3.63, 3.8) is 0 Å². The lowest BCUT2D eigenvalue weighted by molar-refractivity contribution is -0.138. The van der Waals surface area contributed by atoms with E-state index in [1.54, 1.807) is 0 Å². The number of carboxylic acid groups (broad SMARTS) is 1. The molecule has 2 N–H and O–H groups in total. The maximum Gasteiger partial charge on any atom is 0.303 e. The molecule has 98 valence electrons. The average Bonchev–Trinajstić information content (AvgIpc) is 2.34. The molecule has 0 aliphatic heterocycles. The lowest BCUT2D eigenvalue weighted by Gasteiger charge is -2.29. The van der Waals surface area contributed by atoms with Crippen molar-refractivity contribution in [2.45, 2.75) is 38.1 Å². The van der Waals surface area contributed by atoms with Gasteiger partial charge in [-0.05, 0) is 55.9 Å². The Kier molecular flexibility index (Phi) is 4.64. The van der Waals surface area contributed by atoms with Gasteiger partial charge in [-0.15, -0.1) is 0 Å². The minimum Gasteiger partial charge on any atom is -0.481 e. The van der Waals surface area contributed by atoms with E-state index in [-0.39, 0.29) is 0 Å². The van der Waals surface area contributed by atoms with Crippen LogP contribution in [0.3, 0.4) is 0 Å². The molecule has 1 fully saturated rings. The minimum absolute atomic E-state index is 0.324. The molecule has 2 rings (SSSR count). The van der Waals surface area contributed by atoms with Crippen LogP contribution in [0, 0.1) is 5.92 Å². The molecule has 0 unspecified atom stereocenters. The molecule has 1 aromatic rings. The summed E-state index contributed by atoms with van der Waals surface area (Å²) in [5.74, 6) is -0.301. The highest BCUT2D eigenvalue weighted by Gasteiger charge is 2.22. The zero-order valence-corrected chi connectivity index (χ0v) is 11.8. The first-order valence-electron chi connectivity index (χ1n) is 6.37. The Bertz CT molecular complexity index is 397. The third-order valence-corrected chi connectivity index (χ3v) is 4.05. The molecule has 0 heterocycles. The molecule has 1 aliphatic rings. The smallest absolute Gasteiger partial charge is 0.303 e. The Hall–Kier alpha value is -1.03. The molecule has 0 radical (unpaired) electrons. The first-order valence-corrected chi connectivity index (χ1v) is 7.16. The van der Waals surface area contributed by atoms with Gasteiger partial charge in [-0.2, -0.15) is 0 Å². The van der Waals surface area contributed by atoms with E-state index >= 15 is 0 Å². The van der Waals surface area contributed by atoms with Crippen molar-refractivity contribution in [1.82, 2.24) is 0 Å². The first kappa shape index (κ1) is 13.4. The molecule has 0 amide bonds. The summed E-state index contributed by atoms with van der Waals surface area (Å²) in [6, 6.07) is 8.66. The molecule has 0 spiro atoms. The van der Waals surface area contributed by atoms with Crippen LogP contribution in [0.4, 0.5) is 5.69 Å². The number of rotatable bonds is 4. The zero-order chi connectivity index (χ0) is 13.0. The Morgan fingerprint density at radius 1 is 1.22 bits per heavy atom. The Morgan fingerprint density at radius 3 is 2.39 bits per heavy atom. The van der Waals surface area contributed by atoms with Crippen LogP contribution in [0.15, 0.2) is 28.7 Å². The van der Waals surface area contributed by atoms with E-state index in [4.69, 9.17) is 5.11 Å². The van der Waals surface area contributed by atoms with Crippen molar-refractivity contribution in [2.24, 2.45) is 5.92 Å². The molecular weight excluding hydrogens is 294 g/mol. The van der Waals surface area contributed by atoms with Gasteiger partial charge in [-0.3, -0.25) is 4.79 Å². The Morgan fingerprint density at radius 2 is 1.83 bits per heavy atom. The molecule has 1 saturated carbocycles. The number of carbonyl (C=O) groups is 1. The minimum atomic E-state index is -0.667. The van der Waals surface area contributed by atoms with E-state index in [0.717, 1.165) is 35.8 Å². The van der Waals surface area contributed by atoms with Crippen molar-refractivity contribution >= 4 is 27.6 Å². The molecule has 1 aromatic carbocycles. The molecule has 4 heteroatoms. The summed E-state index contributed by atoms with van der Waals surface area (Å²) in [4.78, 5) is 10.7. The molecule has 0 aromatic heterocycles.